The van der Waals surface area contributed by atoms with Crippen molar-refractivity contribution in [3.8, 4) is 0 Å². The number of halogens is 2. The molecule has 0 aromatic heterocycles. The van der Waals surface area contributed by atoms with Crippen molar-refractivity contribution in [2.45, 2.75) is 92.0 Å². The molecule has 0 spiro atoms. The van der Waals surface area contributed by atoms with E-state index < -0.39 is 16.8 Å². The first kappa shape index (κ1) is 37.3. The summed E-state index contributed by atoms with van der Waals surface area (Å²) in [5.74, 6) is 0. The summed E-state index contributed by atoms with van der Waals surface area (Å²) in [5, 5.41) is 25.6. The van der Waals surface area contributed by atoms with Gasteiger partial charge in [0.05, 0.1) is 16.8 Å². The van der Waals surface area contributed by atoms with Crippen LogP contribution in [-0.4, -0.2) is 87.5 Å². The van der Waals surface area contributed by atoms with Crippen molar-refractivity contribution in [2.24, 2.45) is 0 Å². The zero-order chi connectivity index (χ0) is 19.7. The summed E-state index contributed by atoms with van der Waals surface area (Å²) in [6.45, 7) is 17.7. The molecule has 3 N–H and O–H groups in total. The normalized spacial score (nSPS) is 13.1. The number of hydrogen-bond acceptors (Lipinski definition) is 4. The van der Waals surface area contributed by atoms with Gasteiger partial charge in [-0.25, -0.2) is 0 Å². The van der Waals surface area contributed by atoms with Crippen molar-refractivity contribution in [3.63, 3.8) is 0 Å². The Balaban J connectivity index is -0.0000000627. The van der Waals surface area contributed by atoms with Crippen LogP contribution in [0.2, 0.25) is 0 Å². The van der Waals surface area contributed by atoms with Gasteiger partial charge < -0.3 is 20.1 Å². The molecule has 0 saturated carbocycles. The van der Waals surface area contributed by atoms with Gasteiger partial charge in [0.25, 0.3) is 0 Å². The van der Waals surface area contributed by atoms with Crippen LogP contribution in [0.4, 0.5) is 0 Å². The Kier molecular flexibility index (Phi) is 33.8. The average Bonchev–Trinajstić information content (AvgIpc) is 2.64. The molecule has 1 aliphatic heterocycles. The molecule has 1 rings (SSSR count). The molecule has 1 saturated heterocycles. The van der Waals surface area contributed by atoms with Gasteiger partial charge in [-0.2, -0.15) is 0 Å². The minimum absolute atomic E-state index is 0. The third-order valence-corrected chi connectivity index (χ3v) is 0.827. The van der Waals surface area contributed by atoms with Gasteiger partial charge in [0, 0.05) is 13.2 Å². The Hall–Kier alpha value is 2.47. The van der Waals surface area contributed by atoms with Gasteiger partial charge in [-0.05, 0) is 75.2 Å². The van der Waals surface area contributed by atoms with Crippen LogP contribution in [0.5, 0.6) is 0 Å². The third kappa shape index (κ3) is 242. The second-order valence-electron chi connectivity index (χ2n) is 7.91. The van der Waals surface area contributed by atoms with Crippen LogP contribution in [0.15, 0.2) is 0 Å². The van der Waals surface area contributed by atoms with Crippen molar-refractivity contribution in [3.05, 3.63) is 0 Å². The van der Waals surface area contributed by atoms with Crippen LogP contribution in [0.25, 0.3) is 0 Å². The summed E-state index contributed by atoms with van der Waals surface area (Å²) in [4.78, 5) is 0. The first-order chi connectivity index (χ1) is 9.91. The molecule has 1 fully saturated rings. The van der Waals surface area contributed by atoms with Gasteiger partial charge in [0.2, 0.25) is 0 Å². The van der Waals surface area contributed by atoms with Crippen LogP contribution < -0.4 is 0 Å². The zero-order valence-corrected chi connectivity index (χ0v) is 26.8. The van der Waals surface area contributed by atoms with Gasteiger partial charge in [-0.3, -0.25) is 0 Å². The fourth-order valence-corrected chi connectivity index (χ4v) is 0.510. The van der Waals surface area contributed by atoms with E-state index in [2.05, 4.69) is 24.6 Å². The van der Waals surface area contributed by atoms with Gasteiger partial charge in [-0.15, -0.1) is 0 Å². The van der Waals surface area contributed by atoms with E-state index in [0.717, 1.165) is 13.2 Å². The Morgan fingerprint density at radius 2 is 0.792 bits per heavy atom. The predicted octanol–water partition coefficient (Wildman–Crippen LogP) is 3.79. The summed E-state index contributed by atoms with van der Waals surface area (Å²) in [5.41, 5.74) is -1.50. The van der Waals surface area contributed by atoms with Crippen molar-refractivity contribution >= 4 is 66.7 Å². The molecule has 4 radical (unpaired) electrons. The summed E-state index contributed by atoms with van der Waals surface area (Å²) >= 11 is 6.24. The first-order valence-electron chi connectivity index (χ1n) is 7.68. The van der Waals surface area contributed by atoms with Gasteiger partial charge in [0.15, 0.2) is 0 Å². The number of ether oxygens (including phenoxy) is 1. The molecular weight excluding hydrogens is 650 g/mol. The van der Waals surface area contributed by atoms with E-state index in [1.54, 1.807) is 62.3 Å². The summed E-state index contributed by atoms with van der Waals surface area (Å²) in [7, 11) is 0. The molecule has 0 unspecified atom stereocenters. The van der Waals surface area contributed by atoms with E-state index >= 15 is 0 Å². The molecular formula is C16H39Br2InO4Sn. The molecule has 0 aromatic carbocycles. The molecule has 8 heteroatoms. The first-order valence-corrected chi connectivity index (χ1v) is 22.5. The van der Waals surface area contributed by atoms with Crippen molar-refractivity contribution in [1.82, 2.24) is 0 Å². The quantitative estimate of drug-likeness (QED) is 0.339. The number of hydrogen-bond donors (Lipinski definition) is 3. The topological polar surface area (TPSA) is 69.9 Å². The van der Waals surface area contributed by atoms with E-state index in [9.17, 15) is 0 Å². The number of aliphatic hydroxyl groups is 3. The molecule has 0 aliphatic carbocycles. The van der Waals surface area contributed by atoms with Gasteiger partial charge in [0.1, 0.15) is 0 Å². The molecule has 1 heterocycles. The zero-order valence-electron chi connectivity index (χ0n) is 17.0. The molecule has 148 valence electrons. The Morgan fingerprint density at radius 1 is 0.667 bits per heavy atom. The van der Waals surface area contributed by atoms with Crippen LogP contribution in [0, 0.1) is 0 Å². The number of rotatable bonds is 0. The van der Waals surface area contributed by atoms with Crippen LogP contribution >= 0.6 is 24.6 Å². The maximum absolute atomic E-state index is 8.52. The summed E-state index contributed by atoms with van der Waals surface area (Å²) < 4.78 is 4.94. The van der Waals surface area contributed by atoms with E-state index in [1.165, 1.54) is 12.8 Å². The predicted molar refractivity (Wildman–Crippen MR) is 117 cm³/mol. The average molecular weight is 689 g/mol. The minimum atomic E-state index is -0.500. The fraction of sp³-hybridized carbons (Fsp3) is 1.00. The molecule has 24 heavy (non-hydrogen) atoms. The molecule has 0 atom stereocenters. The van der Waals surface area contributed by atoms with Crippen molar-refractivity contribution in [1.29, 1.82) is 0 Å². The molecule has 4 nitrogen and oxygen atoms in total. The standard InChI is InChI=1S/C4H8O.3C4H10O.2BrH.In.Sn.H/c1-2-4-5-3-1;3*1-4(2,3)5;;;;;/h1-4H2;3*5H,1-3H3;2*1H;;;/q;;;;;;+2;;/p-2. The monoisotopic (exact) mass is 688 g/mol. The Labute approximate surface area is 190 Å². The fourth-order valence-electron chi connectivity index (χ4n) is 0.510. The van der Waals surface area contributed by atoms with Crippen LogP contribution in [-0.2, 0) is 4.74 Å². The van der Waals surface area contributed by atoms with Crippen molar-refractivity contribution in [2.75, 3.05) is 13.2 Å². The van der Waals surface area contributed by atoms with Crippen LogP contribution in [0.3, 0.4) is 0 Å². The summed E-state index contributed by atoms with van der Waals surface area (Å²) in [6, 6.07) is 0. The van der Waals surface area contributed by atoms with E-state index in [1.807, 2.05) is 0 Å². The molecule has 0 bridgehead atoms. The van der Waals surface area contributed by atoms with Crippen molar-refractivity contribution < 1.29 is 20.1 Å². The van der Waals surface area contributed by atoms with Gasteiger partial charge in [-0.1, -0.05) is 0 Å². The molecule has 0 amide bonds. The van der Waals surface area contributed by atoms with Gasteiger partial charge >= 0.3 is 66.7 Å². The molecule has 0 aromatic rings. The SMILES string of the molecule is C1CCOC1.CC(C)(C)O.CC(C)(C)O.CC(C)(C)O.[Br][In][Br].[SnH]. The Morgan fingerprint density at radius 3 is 0.833 bits per heavy atom. The second kappa shape index (κ2) is 21.8. The van der Waals surface area contributed by atoms with E-state index in [-0.39, 0.29) is 42.2 Å². The third-order valence-electron chi connectivity index (χ3n) is 0.827. The Bertz CT molecular complexity index is 169. The maximum atomic E-state index is 8.52. The molecule has 1 aliphatic rings. The summed E-state index contributed by atoms with van der Waals surface area (Å²) in [6.07, 6.45) is 2.56. The van der Waals surface area contributed by atoms with E-state index in [4.69, 9.17) is 20.1 Å². The second-order valence-corrected chi connectivity index (χ2v) is 22.8. The van der Waals surface area contributed by atoms with Crippen LogP contribution in [0.1, 0.15) is 75.2 Å². The van der Waals surface area contributed by atoms with E-state index in [0.29, 0.717) is 0 Å².